The predicted molar refractivity (Wildman–Crippen MR) is 67.8 cm³/mol. The number of carboxylic acid groups (broad SMARTS) is 1. The van der Waals surface area contributed by atoms with Crippen LogP contribution in [0, 0.1) is 5.92 Å². The van der Waals surface area contributed by atoms with E-state index >= 15 is 0 Å². The van der Waals surface area contributed by atoms with Gasteiger partial charge in [-0.2, -0.15) is 0 Å². The molecule has 0 radical (unpaired) electrons. The number of aliphatic carboxylic acids is 1. The van der Waals surface area contributed by atoms with Crippen LogP contribution < -0.4 is 0 Å². The lowest BCUT2D eigenvalue weighted by Gasteiger charge is -2.15. The zero-order chi connectivity index (χ0) is 13.5. The van der Waals surface area contributed by atoms with E-state index in [0.29, 0.717) is 6.42 Å². The molecule has 1 unspecified atom stereocenters. The van der Waals surface area contributed by atoms with Gasteiger partial charge in [0.15, 0.2) is 0 Å². The quantitative estimate of drug-likeness (QED) is 0.641. The van der Waals surface area contributed by atoms with E-state index in [9.17, 15) is 13.6 Å². The molecule has 5 heteroatoms. The van der Waals surface area contributed by atoms with Gasteiger partial charge < -0.3 is 5.11 Å². The van der Waals surface area contributed by atoms with E-state index in [4.69, 9.17) is 5.11 Å². The number of thioether (sulfide) groups is 1. The normalized spacial score (nSPS) is 14.0. The van der Waals surface area contributed by atoms with Gasteiger partial charge in [-0.1, -0.05) is 20.3 Å². The third-order valence-electron chi connectivity index (χ3n) is 2.41. The highest BCUT2D eigenvalue weighted by Gasteiger charge is 2.22. The Hall–Kier alpha value is -0.320. The summed E-state index contributed by atoms with van der Waals surface area (Å²) < 4.78 is 25.0. The highest BCUT2D eigenvalue weighted by molar-refractivity contribution is 8.00. The first kappa shape index (κ1) is 16.7. The molecular formula is C12H22F2O2S. The Bertz CT molecular complexity index is 227. The van der Waals surface area contributed by atoms with Gasteiger partial charge in [-0.15, -0.1) is 11.8 Å². The predicted octanol–water partition coefficient (Wildman–Crippen LogP) is 4.04. The Kier molecular flexibility index (Phi) is 7.75. The van der Waals surface area contributed by atoms with Gasteiger partial charge in [-0.3, -0.25) is 4.79 Å². The Morgan fingerprint density at radius 2 is 1.88 bits per heavy atom. The Morgan fingerprint density at radius 1 is 1.29 bits per heavy atom. The van der Waals surface area contributed by atoms with Crippen LogP contribution >= 0.6 is 11.8 Å². The summed E-state index contributed by atoms with van der Waals surface area (Å²) >= 11 is 1.41. The second-order valence-corrected chi connectivity index (χ2v) is 6.00. The number of halogens is 2. The number of hydrogen-bond acceptors (Lipinski definition) is 2. The second kappa shape index (κ2) is 7.90. The molecule has 0 bridgehead atoms. The van der Waals surface area contributed by atoms with Crippen molar-refractivity contribution in [1.29, 1.82) is 0 Å². The molecule has 2 nitrogen and oxygen atoms in total. The maximum atomic E-state index is 12.5. The molecule has 0 heterocycles. The van der Waals surface area contributed by atoms with Crippen molar-refractivity contribution in [2.24, 2.45) is 5.92 Å². The van der Waals surface area contributed by atoms with Crippen LogP contribution in [0.2, 0.25) is 0 Å². The molecule has 0 rings (SSSR count). The third kappa shape index (κ3) is 9.39. The topological polar surface area (TPSA) is 37.3 Å². The number of alkyl halides is 2. The molecule has 0 saturated carbocycles. The summed E-state index contributed by atoms with van der Waals surface area (Å²) in [5, 5.41) is 8.55. The Balaban J connectivity index is 3.60. The molecule has 17 heavy (non-hydrogen) atoms. The Morgan fingerprint density at radius 3 is 2.29 bits per heavy atom. The van der Waals surface area contributed by atoms with Crippen molar-refractivity contribution in [3.05, 3.63) is 0 Å². The summed E-state index contributed by atoms with van der Waals surface area (Å²) in [4.78, 5) is 10.9. The summed E-state index contributed by atoms with van der Waals surface area (Å²) in [6, 6.07) is 0. The summed E-state index contributed by atoms with van der Waals surface area (Å²) in [7, 11) is 0. The smallest absolute Gasteiger partial charge is 0.316 e. The molecule has 0 saturated heterocycles. The molecule has 102 valence electrons. The van der Waals surface area contributed by atoms with Crippen LogP contribution in [0.25, 0.3) is 0 Å². The van der Waals surface area contributed by atoms with Gasteiger partial charge >= 0.3 is 5.97 Å². The van der Waals surface area contributed by atoms with E-state index in [1.165, 1.54) is 11.8 Å². The minimum Gasteiger partial charge on any atom is -0.480 e. The average Bonchev–Trinajstić information content (AvgIpc) is 2.13. The first-order valence-corrected chi connectivity index (χ1v) is 7.01. The molecule has 0 aromatic carbocycles. The van der Waals surface area contributed by atoms with Gasteiger partial charge in [0.05, 0.1) is 0 Å². The van der Waals surface area contributed by atoms with E-state index in [-0.39, 0.29) is 17.6 Å². The van der Waals surface area contributed by atoms with Crippen LogP contribution in [0.4, 0.5) is 8.78 Å². The van der Waals surface area contributed by atoms with Gasteiger partial charge in [0.25, 0.3) is 0 Å². The van der Waals surface area contributed by atoms with E-state index < -0.39 is 11.9 Å². The standard InChI is InChI=1S/C12H22F2O2S/c1-9(2)10(11(15)16)17-8-6-4-5-7-12(3,13)14/h9-10H,4-8H2,1-3H3,(H,15,16). The lowest BCUT2D eigenvalue weighted by Crippen LogP contribution is -2.22. The van der Waals surface area contributed by atoms with Crippen LogP contribution in [0.3, 0.4) is 0 Å². The van der Waals surface area contributed by atoms with E-state index in [2.05, 4.69) is 0 Å². The number of hydrogen-bond donors (Lipinski definition) is 1. The molecule has 0 amide bonds. The van der Waals surface area contributed by atoms with Crippen molar-refractivity contribution in [2.45, 2.75) is 57.6 Å². The van der Waals surface area contributed by atoms with Crippen molar-refractivity contribution in [3.8, 4) is 0 Å². The molecule has 0 aromatic heterocycles. The molecule has 1 atom stereocenters. The highest BCUT2D eigenvalue weighted by atomic mass is 32.2. The fraction of sp³-hybridized carbons (Fsp3) is 0.917. The second-order valence-electron chi connectivity index (χ2n) is 4.75. The molecule has 0 aliphatic carbocycles. The maximum absolute atomic E-state index is 12.5. The van der Waals surface area contributed by atoms with Crippen molar-refractivity contribution in [3.63, 3.8) is 0 Å². The molecular weight excluding hydrogens is 246 g/mol. The van der Waals surface area contributed by atoms with Crippen molar-refractivity contribution in [2.75, 3.05) is 5.75 Å². The summed E-state index contributed by atoms with van der Waals surface area (Å²) in [5.74, 6) is -2.54. The van der Waals surface area contributed by atoms with Crippen LogP contribution in [0.15, 0.2) is 0 Å². The Labute approximate surface area is 106 Å². The molecule has 0 spiro atoms. The van der Waals surface area contributed by atoms with E-state index in [0.717, 1.165) is 25.5 Å². The number of carbonyl (C=O) groups is 1. The molecule has 0 aliphatic rings. The third-order valence-corrected chi connectivity index (χ3v) is 4.04. The number of rotatable bonds is 9. The van der Waals surface area contributed by atoms with Crippen molar-refractivity contribution < 1.29 is 18.7 Å². The van der Waals surface area contributed by atoms with Crippen LogP contribution in [0.1, 0.15) is 46.5 Å². The van der Waals surface area contributed by atoms with Gasteiger partial charge in [0.2, 0.25) is 5.92 Å². The highest BCUT2D eigenvalue weighted by Crippen LogP contribution is 2.23. The van der Waals surface area contributed by atoms with E-state index in [1.54, 1.807) is 0 Å². The van der Waals surface area contributed by atoms with Gasteiger partial charge in [0.1, 0.15) is 5.25 Å². The summed E-state index contributed by atoms with van der Waals surface area (Å²) in [6.07, 6.45) is 1.96. The zero-order valence-corrected chi connectivity index (χ0v) is 11.5. The number of unbranched alkanes of at least 4 members (excludes halogenated alkanes) is 2. The van der Waals surface area contributed by atoms with Crippen LogP contribution in [0.5, 0.6) is 0 Å². The monoisotopic (exact) mass is 268 g/mol. The fourth-order valence-electron chi connectivity index (χ4n) is 1.47. The first-order valence-electron chi connectivity index (χ1n) is 5.96. The van der Waals surface area contributed by atoms with Crippen LogP contribution in [-0.2, 0) is 4.79 Å². The van der Waals surface area contributed by atoms with Crippen LogP contribution in [-0.4, -0.2) is 28.0 Å². The lowest BCUT2D eigenvalue weighted by molar-refractivity contribution is -0.137. The zero-order valence-electron chi connectivity index (χ0n) is 10.7. The molecule has 0 aliphatic heterocycles. The lowest BCUT2D eigenvalue weighted by atomic mass is 10.1. The maximum Gasteiger partial charge on any atom is 0.316 e. The van der Waals surface area contributed by atoms with Gasteiger partial charge in [-0.25, -0.2) is 8.78 Å². The minimum absolute atomic E-state index is 0.0792. The summed E-state index contributed by atoms with van der Waals surface area (Å²) in [6.45, 7) is 4.69. The van der Waals surface area contributed by atoms with Crippen molar-refractivity contribution in [1.82, 2.24) is 0 Å². The summed E-state index contributed by atoms with van der Waals surface area (Å²) in [5.41, 5.74) is 0. The molecule has 0 aromatic rings. The van der Waals surface area contributed by atoms with Gasteiger partial charge in [0, 0.05) is 6.42 Å². The first-order chi connectivity index (χ1) is 7.74. The SMILES string of the molecule is CC(C)C(SCCCCCC(C)(F)F)C(=O)O. The molecule has 0 fully saturated rings. The fourth-order valence-corrected chi connectivity index (χ4v) is 2.63. The minimum atomic E-state index is -2.57. The largest absolute Gasteiger partial charge is 0.480 e. The van der Waals surface area contributed by atoms with Gasteiger partial charge in [-0.05, 0) is 31.4 Å². The molecule has 1 N–H and O–H groups in total. The average molecular weight is 268 g/mol. The number of carboxylic acids is 1. The van der Waals surface area contributed by atoms with Crippen molar-refractivity contribution >= 4 is 17.7 Å². The van der Waals surface area contributed by atoms with E-state index in [1.807, 2.05) is 13.8 Å².